The van der Waals surface area contributed by atoms with Crippen LogP contribution in [0.4, 0.5) is 5.69 Å². The monoisotopic (exact) mass is 426 g/mol. The molecule has 3 aliphatic heterocycles. The Morgan fingerprint density at radius 2 is 1.90 bits per heavy atom. The van der Waals surface area contributed by atoms with Gasteiger partial charge in [0.05, 0.1) is 23.8 Å². The average Bonchev–Trinajstić information content (AvgIpc) is 2.98. The quantitative estimate of drug-likeness (QED) is 0.607. The Hall–Kier alpha value is -2.78. The number of hydrogen-bond donors (Lipinski definition) is 3. The molecule has 1 aromatic rings. The van der Waals surface area contributed by atoms with Crippen LogP contribution in [0.5, 0.6) is 0 Å². The van der Waals surface area contributed by atoms with E-state index in [1.807, 2.05) is 0 Å². The summed E-state index contributed by atoms with van der Waals surface area (Å²) < 4.78 is 5.86. The van der Waals surface area contributed by atoms with Gasteiger partial charge in [-0.05, 0) is 55.7 Å². The molecular formula is C22H26N4O5. The molecule has 2 atom stereocenters. The number of carbonyl (C=O) groups is 4. The number of nitrogens with zero attached hydrogens (tertiary/aromatic N) is 1. The molecule has 1 spiro atoms. The number of nitrogens with two attached hydrogens (primary N) is 1. The van der Waals surface area contributed by atoms with E-state index < -0.39 is 23.8 Å². The summed E-state index contributed by atoms with van der Waals surface area (Å²) in [5.41, 5.74) is 7.27. The van der Waals surface area contributed by atoms with Crippen molar-refractivity contribution in [3.63, 3.8) is 0 Å². The maximum Gasteiger partial charge on any atom is 0.262 e. The van der Waals surface area contributed by atoms with Crippen LogP contribution in [0.15, 0.2) is 18.2 Å². The number of benzene rings is 1. The Bertz CT molecular complexity index is 961. The molecule has 2 saturated heterocycles. The summed E-state index contributed by atoms with van der Waals surface area (Å²) in [6.07, 6.45) is 4.53. The molecule has 0 aromatic heterocycles. The van der Waals surface area contributed by atoms with Gasteiger partial charge in [-0.2, -0.15) is 0 Å². The second-order valence-electron chi connectivity index (χ2n) is 9.16. The van der Waals surface area contributed by atoms with Gasteiger partial charge in [0.2, 0.25) is 11.8 Å². The minimum absolute atomic E-state index is 0.107. The maximum atomic E-state index is 12.9. The van der Waals surface area contributed by atoms with E-state index >= 15 is 0 Å². The van der Waals surface area contributed by atoms with Gasteiger partial charge in [0.15, 0.2) is 0 Å². The zero-order valence-corrected chi connectivity index (χ0v) is 17.2. The lowest BCUT2D eigenvalue weighted by molar-refractivity contribution is -0.136. The maximum absolute atomic E-state index is 12.9. The predicted molar refractivity (Wildman–Crippen MR) is 110 cm³/mol. The molecule has 4 aliphatic rings. The highest BCUT2D eigenvalue weighted by molar-refractivity contribution is 6.23. The molecular weight excluding hydrogens is 400 g/mol. The Morgan fingerprint density at radius 3 is 2.58 bits per heavy atom. The molecule has 5 rings (SSSR count). The summed E-state index contributed by atoms with van der Waals surface area (Å²) in [7, 11) is 0. The van der Waals surface area contributed by atoms with Crippen LogP contribution in [0.3, 0.4) is 0 Å². The summed E-state index contributed by atoms with van der Waals surface area (Å²) in [6.45, 7) is 1.31. The Labute approximate surface area is 179 Å². The van der Waals surface area contributed by atoms with Crippen LogP contribution in [0, 0.1) is 5.41 Å². The van der Waals surface area contributed by atoms with E-state index in [2.05, 4.69) is 10.6 Å². The fourth-order valence-corrected chi connectivity index (χ4v) is 5.31. The number of piperidine rings is 1. The van der Waals surface area contributed by atoms with Crippen LogP contribution < -0.4 is 16.4 Å². The Balaban J connectivity index is 1.25. The molecule has 9 nitrogen and oxygen atoms in total. The molecule has 9 heteroatoms. The zero-order chi connectivity index (χ0) is 21.8. The van der Waals surface area contributed by atoms with Crippen molar-refractivity contribution in [3.8, 4) is 0 Å². The SMILES string of the molecule is NCC1CCC2(CO1)CC(Nc1ccc3c(c1)C(=O)N(C1CCC(=O)NC1=O)C3=O)C2. The second-order valence-corrected chi connectivity index (χ2v) is 9.16. The van der Waals surface area contributed by atoms with E-state index in [9.17, 15) is 19.2 Å². The molecule has 3 fully saturated rings. The number of fused-ring (bicyclic) bond motifs is 1. The minimum atomic E-state index is -0.948. The average molecular weight is 426 g/mol. The molecule has 4 amide bonds. The summed E-state index contributed by atoms with van der Waals surface area (Å²) in [5.74, 6) is -1.96. The number of nitrogens with one attached hydrogen (secondary N) is 2. The molecule has 0 radical (unpaired) electrons. The van der Waals surface area contributed by atoms with Gasteiger partial charge < -0.3 is 15.8 Å². The Morgan fingerprint density at radius 1 is 1.13 bits per heavy atom. The highest BCUT2D eigenvalue weighted by Gasteiger charge is 2.47. The van der Waals surface area contributed by atoms with Crippen LogP contribution in [-0.2, 0) is 14.3 Å². The topological polar surface area (TPSA) is 131 Å². The van der Waals surface area contributed by atoms with Gasteiger partial charge in [-0.3, -0.25) is 29.4 Å². The number of ether oxygens (including phenoxy) is 1. The first-order valence-corrected chi connectivity index (χ1v) is 10.8. The van der Waals surface area contributed by atoms with Gasteiger partial charge in [0.1, 0.15) is 6.04 Å². The van der Waals surface area contributed by atoms with E-state index in [1.54, 1.807) is 18.2 Å². The lowest BCUT2D eigenvalue weighted by Crippen LogP contribution is -2.54. The summed E-state index contributed by atoms with van der Waals surface area (Å²) >= 11 is 0. The van der Waals surface area contributed by atoms with E-state index in [-0.39, 0.29) is 36.3 Å². The van der Waals surface area contributed by atoms with Crippen molar-refractivity contribution in [2.24, 2.45) is 11.1 Å². The number of amides is 4. The number of imide groups is 2. The molecule has 1 aromatic carbocycles. The van der Waals surface area contributed by atoms with Crippen LogP contribution in [0.1, 0.15) is 59.2 Å². The molecule has 31 heavy (non-hydrogen) atoms. The van der Waals surface area contributed by atoms with Crippen molar-refractivity contribution < 1.29 is 23.9 Å². The van der Waals surface area contributed by atoms with Crippen LogP contribution in [0.25, 0.3) is 0 Å². The van der Waals surface area contributed by atoms with Gasteiger partial charge in [-0.1, -0.05) is 0 Å². The number of carbonyl (C=O) groups excluding carboxylic acids is 4. The largest absolute Gasteiger partial charge is 0.382 e. The highest BCUT2D eigenvalue weighted by Crippen LogP contribution is 2.49. The molecule has 4 N–H and O–H groups in total. The zero-order valence-electron chi connectivity index (χ0n) is 17.2. The molecule has 1 saturated carbocycles. The summed E-state index contributed by atoms with van der Waals surface area (Å²) in [6, 6.07) is 4.46. The van der Waals surface area contributed by atoms with Crippen LogP contribution >= 0.6 is 0 Å². The van der Waals surface area contributed by atoms with Gasteiger partial charge in [-0.25, -0.2) is 0 Å². The molecule has 1 aliphatic carbocycles. The standard InChI is InChI=1S/C22H26N4O5/c23-10-14-5-6-22(11-31-14)8-13(9-22)24-12-1-2-15-16(7-12)21(30)26(20(15)29)17-3-4-18(27)25-19(17)28/h1-2,7,13-14,17,24H,3-6,8-11,23H2,(H,25,27,28). The number of hydrogen-bond acceptors (Lipinski definition) is 7. The highest BCUT2D eigenvalue weighted by atomic mass is 16.5. The van der Waals surface area contributed by atoms with Gasteiger partial charge >= 0.3 is 0 Å². The lowest BCUT2D eigenvalue weighted by atomic mass is 9.62. The fraction of sp³-hybridized carbons (Fsp3) is 0.545. The van der Waals surface area contributed by atoms with Crippen molar-refractivity contribution in [2.75, 3.05) is 18.5 Å². The predicted octanol–water partition coefficient (Wildman–Crippen LogP) is 0.786. The third-order valence-electron chi connectivity index (χ3n) is 7.05. The van der Waals surface area contributed by atoms with Crippen molar-refractivity contribution in [1.29, 1.82) is 0 Å². The molecule has 0 bridgehead atoms. The van der Waals surface area contributed by atoms with E-state index in [4.69, 9.17) is 10.5 Å². The minimum Gasteiger partial charge on any atom is -0.382 e. The van der Waals surface area contributed by atoms with E-state index in [0.717, 1.165) is 42.9 Å². The smallest absolute Gasteiger partial charge is 0.262 e. The second kappa shape index (κ2) is 7.42. The lowest BCUT2D eigenvalue weighted by Gasteiger charge is -2.51. The Kier molecular flexibility index (Phi) is 4.82. The summed E-state index contributed by atoms with van der Waals surface area (Å²) in [5, 5.41) is 5.67. The molecule has 3 heterocycles. The first kappa shape index (κ1) is 20.1. The van der Waals surface area contributed by atoms with Gasteiger partial charge in [-0.15, -0.1) is 0 Å². The third kappa shape index (κ3) is 3.41. The van der Waals surface area contributed by atoms with Gasteiger partial charge in [0, 0.05) is 24.7 Å². The summed E-state index contributed by atoms with van der Waals surface area (Å²) in [4.78, 5) is 50.3. The van der Waals surface area contributed by atoms with Crippen molar-refractivity contribution >= 4 is 29.3 Å². The van der Waals surface area contributed by atoms with Crippen LogP contribution in [-0.4, -0.2) is 59.9 Å². The molecule has 2 unspecified atom stereocenters. The van der Waals surface area contributed by atoms with Crippen molar-refractivity contribution in [2.45, 2.75) is 56.7 Å². The fourth-order valence-electron chi connectivity index (χ4n) is 5.31. The normalized spacial score (nSPS) is 32.7. The van der Waals surface area contributed by atoms with Crippen molar-refractivity contribution in [1.82, 2.24) is 10.2 Å². The first-order valence-electron chi connectivity index (χ1n) is 10.8. The number of anilines is 1. The molecule has 164 valence electrons. The third-order valence-corrected chi connectivity index (χ3v) is 7.05. The number of rotatable bonds is 4. The first-order chi connectivity index (χ1) is 14.9. The van der Waals surface area contributed by atoms with Gasteiger partial charge in [0.25, 0.3) is 11.8 Å². The van der Waals surface area contributed by atoms with Crippen molar-refractivity contribution in [3.05, 3.63) is 29.3 Å². The van der Waals surface area contributed by atoms with Crippen LogP contribution in [0.2, 0.25) is 0 Å². The van der Waals surface area contributed by atoms with E-state index in [0.29, 0.717) is 17.7 Å². The van der Waals surface area contributed by atoms with E-state index in [1.165, 1.54) is 0 Å².